The zero-order chi connectivity index (χ0) is 17.0. The molecule has 0 radical (unpaired) electrons. The lowest BCUT2D eigenvalue weighted by molar-refractivity contribution is 0.0472. The fraction of sp³-hybridized carbons (Fsp3) is 0.188. The Kier molecular flexibility index (Phi) is 5.85. The van der Waals surface area contributed by atoms with Gasteiger partial charge in [0, 0.05) is 10.0 Å². The highest BCUT2D eigenvalue weighted by Gasteiger charge is 2.15. The van der Waals surface area contributed by atoms with Crippen LogP contribution in [0.2, 0.25) is 5.02 Å². The van der Waals surface area contributed by atoms with Crippen molar-refractivity contribution < 1.29 is 23.4 Å². The topological polar surface area (TPSA) is 44.8 Å². The van der Waals surface area contributed by atoms with Gasteiger partial charge in [0.15, 0.2) is 11.5 Å². The van der Waals surface area contributed by atoms with E-state index in [2.05, 4.69) is 15.9 Å². The fourth-order valence-electron chi connectivity index (χ4n) is 1.88. The van der Waals surface area contributed by atoms with E-state index in [1.807, 2.05) is 0 Å². The van der Waals surface area contributed by atoms with E-state index in [9.17, 15) is 9.18 Å². The lowest BCUT2D eigenvalue weighted by Crippen LogP contribution is -2.07. The summed E-state index contributed by atoms with van der Waals surface area (Å²) in [6.07, 6.45) is 0. The molecule has 0 spiro atoms. The first-order valence-electron chi connectivity index (χ1n) is 6.48. The number of rotatable bonds is 5. The van der Waals surface area contributed by atoms with Gasteiger partial charge in [-0.1, -0.05) is 27.5 Å². The summed E-state index contributed by atoms with van der Waals surface area (Å²) in [7, 11) is 3.04. The predicted octanol–water partition coefficient (Wildman–Crippen LogP) is 4.62. The van der Waals surface area contributed by atoms with Crippen LogP contribution >= 0.6 is 27.5 Å². The van der Waals surface area contributed by atoms with Crippen molar-refractivity contribution in [2.45, 2.75) is 6.61 Å². The van der Waals surface area contributed by atoms with E-state index >= 15 is 0 Å². The third-order valence-corrected chi connectivity index (χ3v) is 4.11. The summed E-state index contributed by atoms with van der Waals surface area (Å²) in [5, 5.41) is 0.00128. The monoisotopic (exact) mass is 402 g/mol. The second-order valence-electron chi connectivity index (χ2n) is 4.50. The Bertz CT molecular complexity index is 736. The smallest absolute Gasteiger partial charge is 0.339 e. The van der Waals surface area contributed by atoms with E-state index in [1.54, 1.807) is 12.1 Å². The highest BCUT2D eigenvalue weighted by atomic mass is 79.9. The van der Waals surface area contributed by atoms with Gasteiger partial charge in [-0.3, -0.25) is 0 Å². The number of methoxy groups -OCH3 is 2. The molecule has 122 valence electrons. The fourth-order valence-corrected chi connectivity index (χ4v) is 2.56. The summed E-state index contributed by atoms with van der Waals surface area (Å²) in [5.74, 6) is -0.0940. The van der Waals surface area contributed by atoms with Gasteiger partial charge in [0.1, 0.15) is 12.4 Å². The molecule has 2 aromatic carbocycles. The molecular weight excluding hydrogens is 391 g/mol. The Morgan fingerprint density at radius 3 is 2.43 bits per heavy atom. The van der Waals surface area contributed by atoms with Crippen molar-refractivity contribution in [2.24, 2.45) is 0 Å². The van der Waals surface area contributed by atoms with Crippen molar-refractivity contribution in [1.29, 1.82) is 0 Å². The number of esters is 1. The van der Waals surface area contributed by atoms with E-state index in [0.29, 0.717) is 21.5 Å². The Morgan fingerprint density at radius 1 is 1.17 bits per heavy atom. The summed E-state index contributed by atoms with van der Waals surface area (Å²) < 4.78 is 29.3. The normalized spacial score (nSPS) is 10.3. The van der Waals surface area contributed by atoms with Gasteiger partial charge in [-0.15, -0.1) is 0 Å². The molecule has 0 bridgehead atoms. The second kappa shape index (κ2) is 7.66. The number of ether oxygens (including phenoxy) is 3. The van der Waals surface area contributed by atoms with Crippen LogP contribution in [0.25, 0.3) is 0 Å². The molecule has 2 aromatic rings. The van der Waals surface area contributed by atoms with Crippen LogP contribution in [-0.2, 0) is 11.3 Å². The number of benzene rings is 2. The van der Waals surface area contributed by atoms with E-state index in [0.717, 1.165) is 12.1 Å². The predicted molar refractivity (Wildman–Crippen MR) is 87.8 cm³/mol. The maximum Gasteiger partial charge on any atom is 0.339 e. The van der Waals surface area contributed by atoms with Crippen LogP contribution < -0.4 is 9.47 Å². The summed E-state index contributed by atoms with van der Waals surface area (Å²) in [6.45, 7) is -0.00647. The molecule has 0 atom stereocenters. The Labute approximate surface area is 146 Å². The minimum absolute atomic E-state index is 0.00128. The van der Waals surface area contributed by atoms with Crippen LogP contribution in [0.15, 0.2) is 34.8 Å². The van der Waals surface area contributed by atoms with Crippen molar-refractivity contribution >= 4 is 33.5 Å². The second-order valence-corrected chi connectivity index (χ2v) is 5.76. The van der Waals surface area contributed by atoms with Crippen molar-refractivity contribution in [1.82, 2.24) is 0 Å². The molecule has 7 heteroatoms. The first-order valence-corrected chi connectivity index (χ1v) is 7.66. The van der Waals surface area contributed by atoms with Crippen LogP contribution in [0.3, 0.4) is 0 Å². The minimum Gasteiger partial charge on any atom is -0.493 e. The molecule has 0 aromatic heterocycles. The molecule has 23 heavy (non-hydrogen) atoms. The molecular formula is C16H13BrClFO4. The molecule has 0 saturated heterocycles. The van der Waals surface area contributed by atoms with Crippen LogP contribution in [0.4, 0.5) is 4.39 Å². The van der Waals surface area contributed by atoms with Crippen LogP contribution in [0.5, 0.6) is 11.5 Å². The minimum atomic E-state index is -0.642. The molecule has 0 heterocycles. The number of halogens is 3. The number of hydrogen-bond donors (Lipinski definition) is 0. The molecule has 4 nitrogen and oxygen atoms in total. The lowest BCUT2D eigenvalue weighted by Gasteiger charge is -2.12. The van der Waals surface area contributed by atoms with E-state index in [-0.39, 0.29) is 17.2 Å². The molecule has 0 unspecified atom stereocenters. The third kappa shape index (κ3) is 4.14. The Hall–Kier alpha value is -1.79. The van der Waals surface area contributed by atoms with Crippen LogP contribution in [0, 0.1) is 5.82 Å². The van der Waals surface area contributed by atoms with Crippen molar-refractivity contribution in [2.75, 3.05) is 14.2 Å². The van der Waals surface area contributed by atoms with Gasteiger partial charge in [0.05, 0.1) is 24.8 Å². The highest BCUT2D eigenvalue weighted by molar-refractivity contribution is 9.10. The summed E-state index contributed by atoms with van der Waals surface area (Å²) in [4.78, 5) is 12.0. The van der Waals surface area contributed by atoms with Gasteiger partial charge < -0.3 is 14.2 Å². The summed E-state index contributed by atoms with van der Waals surface area (Å²) in [6, 6.07) is 6.90. The van der Waals surface area contributed by atoms with Crippen LogP contribution in [-0.4, -0.2) is 20.2 Å². The molecule has 0 N–H and O–H groups in total. The highest BCUT2D eigenvalue weighted by Crippen LogP contribution is 2.33. The van der Waals surface area contributed by atoms with Gasteiger partial charge in [0.25, 0.3) is 0 Å². The summed E-state index contributed by atoms with van der Waals surface area (Å²) >= 11 is 9.22. The van der Waals surface area contributed by atoms with Gasteiger partial charge in [0.2, 0.25) is 0 Å². The third-order valence-electron chi connectivity index (χ3n) is 3.06. The first kappa shape index (κ1) is 17.6. The first-order chi connectivity index (χ1) is 11.0. The zero-order valence-electron chi connectivity index (χ0n) is 12.4. The van der Waals surface area contributed by atoms with Crippen molar-refractivity contribution in [3.8, 4) is 11.5 Å². The number of carbonyl (C=O) groups is 1. The number of hydrogen-bond acceptors (Lipinski definition) is 4. The molecule has 0 fully saturated rings. The lowest BCUT2D eigenvalue weighted by atomic mass is 10.2. The molecule has 2 rings (SSSR count). The molecule has 0 amide bonds. The maximum absolute atomic E-state index is 13.0. The average molecular weight is 404 g/mol. The molecule has 0 aliphatic carbocycles. The number of carbonyl (C=O) groups excluding carboxylic acids is 1. The van der Waals surface area contributed by atoms with E-state index in [1.165, 1.54) is 20.3 Å². The molecule has 0 saturated carbocycles. The molecule has 0 aliphatic rings. The van der Waals surface area contributed by atoms with Gasteiger partial charge >= 0.3 is 5.97 Å². The standard InChI is InChI=1S/C16H13BrClFO4/c1-21-14-5-9(12(17)7-15(14)22-2)8-23-16(20)11-4-3-10(19)6-13(11)18/h3-7H,8H2,1-2H3. The van der Waals surface area contributed by atoms with E-state index in [4.69, 9.17) is 25.8 Å². The van der Waals surface area contributed by atoms with Crippen molar-refractivity contribution in [3.63, 3.8) is 0 Å². The Morgan fingerprint density at radius 2 is 1.83 bits per heavy atom. The van der Waals surface area contributed by atoms with E-state index < -0.39 is 11.8 Å². The van der Waals surface area contributed by atoms with Gasteiger partial charge in [-0.05, 0) is 30.3 Å². The Balaban J connectivity index is 2.15. The van der Waals surface area contributed by atoms with Crippen LogP contribution in [0.1, 0.15) is 15.9 Å². The SMILES string of the molecule is COc1cc(Br)c(COC(=O)c2ccc(F)cc2Cl)cc1OC. The average Bonchev–Trinajstić information content (AvgIpc) is 2.53. The van der Waals surface area contributed by atoms with Gasteiger partial charge in [-0.25, -0.2) is 9.18 Å². The quantitative estimate of drug-likeness (QED) is 0.684. The molecule has 0 aliphatic heterocycles. The largest absolute Gasteiger partial charge is 0.493 e. The van der Waals surface area contributed by atoms with Crippen molar-refractivity contribution in [3.05, 3.63) is 56.8 Å². The zero-order valence-corrected chi connectivity index (χ0v) is 14.7. The van der Waals surface area contributed by atoms with Gasteiger partial charge in [-0.2, -0.15) is 0 Å². The summed E-state index contributed by atoms with van der Waals surface area (Å²) in [5.41, 5.74) is 0.791. The maximum atomic E-state index is 13.0.